The van der Waals surface area contributed by atoms with Crippen molar-refractivity contribution in [2.45, 2.75) is 84.0 Å². The first-order valence-electron chi connectivity index (χ1n) is 21.7. The summed E-state index contributed by atoms with van der Waals surface area (Å²) in [5.74, 6) is 9.48. The Bertz CT molecular complexity index is 2950. The molecule has 4 aromatic heterocycles. The molecule has 0 atom stereocenters. The normalized spacial score (nSPS) is 11.8. The third kappa shape index (κ3) is 9.02. The van der Waals surface area contributed by atoms with E-state index in [1.807, 2.05) is 30.3 Å². The molecule has 0 N–H and O–H groups in total. The van der Waals surface area contributed by atoms with Crippen LogP contribution in [0.5, 0.6) is 0 Å². The fourth-order valence-electron chi connectivity index (χ4n) is 8.56. The van der Waals surface area contributed by atoms with Crippen molar-refractivity contribution in [1.82, 2.24) is 19.5 Å². The van der Waals surface area contributed by atoms with Crippen LogP contribution < -0.4 is 4.40 Å². The van der Waals surface area contributed by atoms with Gasteiger partial charge in [-0.1, -0.05) is 94.4 Å². The van der Waals surface area contributed by atoms with Gasteiger partial charge < -0.3 is 8.98 Å². The van der Waals surface area contributed by atoms with E-state index in [0.29, 0.717) is 23.3 Å². The maximum atomic E-state index is 6.68. The van der Waals surface area contributed by atoms with Crippen molar-refractivity contribution in [3.05, 3.63) is 162 Å². The molecule has 0 aliphatic heterocycles. The summed E-state index contributed by atoms with van der Waals surface area (Å²) in [6, 6.07) is 46.9. The predicted octanol–water partition coefficient (Wildman–Crippen LogP) is 14.3. The second-order valence-corrected chi connectivity index (χ2v) is 28.9. The maximum absolute atomic E-state index is 6.68. The summed E-state index contributed by atoms with van der Waals surface area (Å²) in [5.41, 5.74) is 16.0. The van der Waals surface area contributed by atoms with E-state index in [-0.39, 0.29) is 20.1 Å². The quantitative estimate of drug-likeness (QED) is 0.107. The molecular formula is C55H56GeIrN4O-2. The molecule has 7 heteroatoms. The number of aryl methyl sites for hydroxylation is 1. The molecule has 0 aliphatic rings. The number of hydrogen-bond donors (Lipinski definition) is 0. The molecule has 5 aromatic carbocycles. The van der Waals surface area contributed by atoms with Crippen molar-refractivity contribution in [1.29, 1.82) is 0 Å². The average molecular weight is 1050 g/mol. The molecule has 9 aromatic rings. The summed E-state index contributed by atoms with van der Waals surface area (Å²) >= 11 is -1.86. The second-order valence-electron chi connectivity index (χ2n) is 18.3. The topological polar surface area (TPSA) is 56.7 Å². The molecule has 0 bridgehead atoms. The molecule has 0 aliphatic carbocycles. The van der Waals surface area contributed by atoms with Crippen molar-refractivity contribution in [2.24, 2.45) is 5.92 Å². The van der Waals surface area contributed by atoms with Gasteiger partial charge in [0.1, 0.15) is 5.58 Å². The Morgan fingerprint density at radius 2 is 1.42 bits per heavy atom. The molecule has 0 amide bonds. The standard InChI is InChI=1S/C37H32N3O.C18H24GeN.Ir/c1-22(2)27-14-11-15-28(23(3)4)35(27)40-31-17-10-9-16-30(31)39-37(40)29-18-19-38-34-33-24(5)20-26(21-32(33)41-36(29)34)25-12-7-6-8-13-25;1-14(2)11-16-12-18(15-9-7-6-8-10-15)20-13-17(16)19(3,4)5;/h6-17,19-23H,1-5H3;6-9,12-14H,11H2,1-5H3;/q2*-1;. The van der Waals surface area contributed by atoms with Crippen LogP contribution in [0.4, 0.5) is 0 Å². The van der Waals surface area contributed by atoms with Gasteiger partial charge in [0, 0.05) is 37.0 Å². The number of para-hydroxylation sites is 3. The summed E-state index contributed by atoms with van der Waals surface area (Å²) in [7, 11) is 0. The van der Waals surface area contributed by atoms with E-state index in [2.05, 4.69) is 174 Å². The first kappa shape index (κ1) is 44.9. The molecule has 4 heterocycles. The molecular weight excluding hydrogens is 997 g/mol. The van der Waals surface area contributed by atoms with Gasteiger partial charge in [0.05, 0.1) is 22.1 Å². The summed E-state index contributed by atoms with van der Waals surface area (Å²) in [6.07, 6.45) is 5.03. The largest absolute Gasteiger partial charge is 0.513 e. The van der Waals surface area contributed by atoms with Gasteiger partial charge in [-0.2, -0.15) is 0 Å². The minimum Gasteiger partial charge on any atom is -0.513 e. The first-order valence-corrected chi connectivity index (χ1v) is 29.0. The van der Waals surface area contributed by atoms with E-state index in [1.165, 1.54) is 22.4 Å². The van der Waals surface area contributed by atoms with Gasteiger partial charge in [0.25, 0.3) is 0 Å². The molecule has 0 saturated carbocycles. The minimum atomic E-state index is -1.86. The van der Waals surface area contributed by atoms with Gasteiger partial charge in [-0.25, -0.2) is 0 Å². The second kappa shape index (κ2) is 18.7. The van der Waals surface area contributed by atoms with Crippen LogP contribution in [0, 0.1) is 25.0 Å². The summed E-state index contributed by atoms with van der Waals surface area (Å²) in [5, 5.41) is 1.03. The predicted molar refractivity (Wildman–Crippen MR) is 259 cm³/mol. The Morgan fingerprint density at radius 3 is 2.08 bits per heavy atom. The Labute approximate surface area is 383 Å². The summed E-state index contributed by atoms with van der Waals surface area (Å²) in [4.78, 5) is 14.7. The SMILES string of the molecule is CC(C)Cc1cc(-c2[c-]cccc2)nc[c]1[Ge]([CH3])([CH3])[CH3].Cc1cc(-c2ccccc2)cc2oc3c(-c4nc5ccccc5n4-c4c(C(C)C)cccc4C(C)C)[c-]cnc3c12.[Ir]. The monoisotopic (exact) mass is 1060 g/mol. The van der Waals surface area contributed by atoms with Crippen molar-refractivity contribution in [3.8, 4) is 39.5 Å². The molecule has 0 unspecified atom stereocenters. The van der Waals surface area contributed by atoms with Crippen LogP contribution in [0.25, 0.3) is 72.6 Å². The van der Waals surface area contributed by atoms with Crippen LogP contribution in [-0.2, 0) is 26.5 Å². The number of fused-ring (bicyclic) bond motifs is 4. The molecule has 1 radical (unpaired) electrons. The van der Waals surface area contributed by atoms with Gasteiger partial charge >= 0.3 is 126 Å². The smallest absolute Gasteiger partial charge is 0.120 e. The number of hydrogen-bond acceptors (Lipinski definition) is 4. The number of furan rings is 1. The third-order valence-corrected chi connectivity index (χ3v) is 15.8. The van der Waals surface area contributed by atoms with Gasteiger partial charge in [0.2, 0.25) is 0 Å². The van der Waals surface area contributed by atoms with E-state index < -0.39 is 13.3 Å². The van der Waals surface area contributed by atoms with Crippen molar-refractivity contribution >= 4 is 50.8 Å². The summed E-state index contributed by atoms with van der Waals surface area (Å²) in [6.45, 7) is 15.7. The van der Waals surface area contributed by atoms with E-state index in [4.69, 9.17) is 19.4 Å². The number of benzene rings is 5. The Kier molecular flexibility index (Phi) is 13.5. The minimum absolute atomic E-state index is 0. The van der Waals surface area contributed by atoms with E-state index >= 15 is 0 Å². The fourth-order valence-corrected chi connectivity index (χ4v) is 11.9. The fraction of sp³-hybridized carbons (Fsp3) is 0.255. The van der Waals surface area contributed by atoms with Crippen molar-refractivity contribution in [2.75, 3.05) is 0 Å². The number of rotatable bonds is 9. The molecule has 5 nitrogen and oxygen atoms in total. The third-order valence-electron chi connectivity index (χ3n) is 11.5. The molecule has 9 rings (SSSR count). The number of pyridine rings is 2. The van der Waals surface area contributed by atoms with E-state index in [1.54, 1.807) is 10.6 Å². The molecule has 62 heavy (non-hydrogen) atoms. The van der Waals surface area contributed by atoms with Gasteiger partial charge in [-0.3, -0.25) is 9.97 Å². The Hall–Kier alpha value is -5.14. The van der Waals surface area contributed by atoms with Crippen LogP contribution in [0.3, 0.4) is 0 Å². The van der Waals surface area contributed by atoms with Gasteiger partial charge in [0.15, 0.2) is 0 Å². The zero-order chi connectivity index (χ0) is 43.0. The number of nitrogens with zero attached hydrogens (tertiary/aromatic N) is 4. The Balaban J connectivity index is 0.000000233. The van der Waals surface area contributed by atoms with Crippen LogP contribution in [0.15, 0.2) is 132 Å². The van der Waals surface area contributed by atoms with Crippen LogP contribution in [0.1, 0.15) is 75.6 Å². The first-order chi connectivity index (χ1) is 29.3. The maximum Gasteiger partial charge on any atom is 0.120 e. The molecule has 0 spiro atoms. The van der Waals surface area contributed by atoms with E-state index in [0.717, 1.165) is 73.3 Å². The van der Waals surface area contributed by atoms with Crippen LogP contribution >= 0.6 is 0 Å². The summed E-state index contributed by atoms with van der Waals surface area (Å²) < 4.78 is 10.5. The zero-order valence-electron chi connectivity index (χ0n) is 37.6. The molecule has 0 saturated heterocycles. The van der Waals surface area contributed by atoms with Crippen molar-refractivity contribution < 1.29 is 24.5 Å². The van der Waals surface area contributed by atoms with Gasteiger partial charge in [-0.15, -0.1) is 11.6 Å². The molecule has 0 fully saturated rings. The molecule has 317 valence electrons. The average Bonchev–Trinajstić information content (AvgIpc) is 3.82. The van der Waals surface area contributed by atoms with Crippen LogP contribution in [-0.4, -0.2) is 32.8 Å². The zero-order valence-corrected chi connectivity index (χ0v) is 42.1. The Morgan fingerprint density at radius 1 is 0.726 bits per heavy atom. The number of imidazole rings is 1. The van der Waals surface area contributed by atoms with Crippen LogP contribution in [0.2, 0.25) is 17.3 Å². The van der Waals surface area contributed by atoms with E-state index in [9.17, 15) is 0 Å². The van der Waals surface area contributed by atoms with Gasteiger partial charge in [-0.05, 0) is 71.0 Å². The number of aromatic nitrogens is 4. The van der Waals surface area contributed by atoms with Crippen molar-refractivity contribution in [3.63, 3.8) is 0 Å².